The van der Waals surface area contributed by atoms with E-state index in [-0.39, 0.29) is 0 Å². The normalized spacial score (nSPS) is 12.4. The van der Waals surface area contributed by atoms with Gasteiger partial charge in [0.1, 0.15) is 0 Å². The lowest BCUT2D eigenvalue weighted by Gasteiger charge is -2.08. The second-order valence-electron chi connectivity index (χ2n) is 6.37. The molecule has 1 atom stereocenters. The van der Waals surface area contributed by atoms with Crippen LogP contribution >= 0.6 is 0 Å². The van der Waals surface area contributed by atoms with E-state index in [0.29, 0.717) is 17.7 Å². The van der Waals surface area contributed by atoms with Gasteiger partial charge in [-0.05, 0) is 46.9 Å². The molecule has 1 unspecified atom stereocenters. The number of aromatic nitrogens is 2. The highest BCUT2D eigenvalue weighted by atomic mass is 16.4. The maximum absolute atomic E-state index is 5.97. The van der Waals surface area contributed by atoms with Crippen molar-refractivity contribution in [3.63, 3.8) is 0 Å². The largest absolute Gasteiger partial charge is 0.416 e. The number of nitrogens with zero attached hydrogens (tertiary/aromatic N) is 2. The first-order valence-electron chi connectivity index (χ1n) is 8.68. The molecule has 0 spiro atoms. The summed E-state index contributed by atoms with van der Waals surface area (Å²) < 4.78 is 5.97. The fourth-order valence-corrected chi connectivity index (χ4v) is 3.05. The number of rotatable bonds is 4. The smallest absolute Gasteiger partial charge is 0.248 e. The Hall–Kier alpha value is -2.94. The fraction of sp³-hybridized carbons (Fsp3) is 0.182. The van der Waals surface area contributed by atoms with Gasteiger partial charge in [-0.15, -0.1) is 10.2 Å². The standard InChI is InChI=1S/C22H20N2O/c1-3-15(2)16-11-13-18(14-12-16)21-23-24-22(25-21)20-10-6-8-17-7-4-5-9-19(17)20/h4-15H,3H2,1-2H3. The molecule has 0 saturated heterocycles. The summed E-state index contributed by atoms with van der Waals surface area (Å²) in [4.78, 5) is 0. The highest BCUT2D eigenvalue weighted by Crippen LogP contribution is 2.30. The summed E-state index contributed by atoms with van der Waals surface area (Å²) in [5.41, 5.74) is 3.25. The summed E-state index contributed by atoms with van der Waals surface area (Å²) in [7, 11) is 0. The Morgan fingerprint density at radius 1 is 0.840 bits per heavy atom. The van der Waals surface area contributed by atoms with E-state index in [1.165, 1.54) is 5.56 Å². The molecule has 1 aromatic heterocycles. The van der Waals surface area contributed by atoms with Gasteiger partial charge in [0.05, 0.1) is 0 Å². The van der Waals surface area contributed by atoms with Crippen molar-refractivity contribution >= 4 is 10.8 Å². The molecule has 4 rings (SSSR count). The molecule has 3 heteroatoms. The molecule has 4 aromatic rings. The zero-order valence-electron chi connectivity index (χ0n) is 14.4. The average molecular weight is 328 g/mol. The minimum absolute atomic E-state index is 0.554. The number of benzene rings is 3. The predicted octanol–water partition coefficient (Wildman–Crippen LogP) is 6.07. The van der Waals surface area contributed by atoms with Crippen molar-refractivity contribution in [3.8, 4) is 22.9 Å². The van der Waals surface area contributed by atoms with E-state index in [2.05, 4.69) is 66.5 Å². The van der Waals surface area contributed by atoms with Gasteiger partial charge < -0.3 is 4.42 Å². The molecule has 0 saturated carbocycles. The average Bonchev–Trinajstić information content (AvgIpc) is 3.17. The predicted molar refractivity (Wildman–Crippen MR) is 101 cm³/mol. The van der Waals surface area contributed by atoms with Crippen molar-refractivity contribution in [2.24, 2.45) is 0 Å². The van der Waals surface area contributed by atoms with Gasteiger partial charge in [-0.2, -0.15) is 0 Å². The Morgan fingerprint density at radius 2 is 1.56 bits per heavy atom. The summed E-state index contributed by atoms with van der Waals surface area (Å²) in [5, 5.41) is 10.8. The van der Waals surface area contributed by atoms with Crippen LogP contribution in [0.4, 0.5) is 0 Å². The first-order chi connectivity index (χ1) is 12.3. The fourth-order valence-electron chi connectivity index (χ4n) is 3.05. The van der Waals surface area contributed by atoms with Crippen LogP contribution in [0, 0.1) is 0 Å². The first kappa shape index (κ1) is 15.6. The molecular weight excluding hydrogens is 308 g/mol. The molecular formula is C22H20N2O. The van der Waals surface area contributed by atoms with Crippen molar-refractivity contribution in [3.05, 3.63) is 72.3 Å². The monoisotopic (exact) mass is 328 g/mol. The molecule has 25 heavy (non-hydrogen) atoms. The van der Waals surface area contributed by atoms with Gasteiger partial charge >= 0.3 is 0 Å². The van der Waals surface area contributed by atoms with E-state index in [9.17, 15) is 0 Å². The van der Waals surface area contributed by atoms with Gasteiger partial charge in [0.25, 0.3) is 0 Å². The third-order valence-electron chi connectivity index (χ3n) is 4.78. The molecule has 0 N–H and O–H groups in total. The summed E-state index contributed by atoms with van der Waals surface area (Å²) in [6, 6.07) is 22.7. The summed E-state index contributed by atoms with van der Waals surface area (Å²) in [6.45, 7) is 4.44. The van der Waals surface area contributed by atoms with Crippen LogP contribution in [0.15, 0.2) is 71.1 Å². The second-order valence-corrected chi connectivity index (χ2v) is 6.37. The Balaban J connectivity index is 1.70. The minimum Gasteiger partial charge on any atom is -0.416 e. The third-order valence-corrected chi connectivity index (χ3v) is 4.78. The topological polar surface area (TPSA) is 38.9 Å². The summed E-state index contributed by atoms with van der Waals surface area (Å²) in [5.74, 6) is 1.67. The molecule has 0 aliphatic rings. The maximum Gasteiger partial charge on any atom is 0.248 e. The van der Waals surface area contributed by atoms with Crippen LogP contribution in [-0.2, 0) is 0 Å². The Kier molecular flexibility index (Phi) is 4.06. The molecule has 0 radical (unpaired) electrons. The van der Waals surface area contributed by atoms with E-state index in [1.807, 2.05) is 24.3 Å². The van der Waals surface area contributed by atoms with Gasteiger partial charge in [-0.3, -0.25) is 0 Å². The molecule has 0 aliphatic heterocycles. The minimum atomic E-state index is 0.554. The van der Waals surface area contributed by atoms with Crippen molar-refractivity contribution in [1.82, 2.24) is 10.2 Å². The first-order valence-corrected chi connectivity index (χ1v) is 8.68. The Morgan fingerprint density at radius 3 is 2.36 bits per heavy atom. The van der Waals surface area contributed by atoms with Crippen LogP contribution in [0.2, 0.25) is 0 Å². The summed E-state index contributed by atoms with van der Waals surface area (Å²) in [6.07, 6.45) is 1.13. The molecule has 0 amide bonds. The van der Waals surface area contributed by atoms with Crippen LogP contribution in [0.25, 0.3) is 33.7 Å². The maximum atomic E-state index is 5.97. The van der Waals surface area contributed by atoms with Gasteiger partial charge in [0.2, 0.25) is 11.8 Å². The lowest BCUT2D eigenvalue weighted by molar-refractivity contribution is 0.585. The van der Waals surface area contributed by atoms with Crippen molar-refractivity contribution in [1.29, 1.82) is 0 Å². The van der Waals surface area contributed by atoms with E-state index in [0.717, 1.165) is 28.3 Å². The van der Waals surface area contributed by atoms with Crippen molar-refractivity contribution in [2.75, 3.05) is 0 Å². The van der Waals surface area contributed by atoms with E-state index < -0.39 is 0 Å². The molecule has 0 fully saturated rings. The third kappa shape index (κ3) is 2.93. The summed E-state index contributed by atoms with van der Waals surface area (Å²) >= 11 is 0. The van der Waals surface area contributed by atoms with Gasteiger partial charge in [-0.25, -0.2) is 0 Å². The lowest BCUT2D eigenvalue weighted by atomic mass is 9.98. The highest BCUT2D eigenvalue weighted by molar-refractivity contribution is 5.94. The van der Waals surface area contributed by atoms with Gasteiger partial charge in [0.15, 0.2) is 0 Å². The molecule has 3 aromatic carbocycles. The molecule has 3 nitrogen and oxygen atoms in total. The molecule has 0 aliphatic carbocycles. The molecule has 0 bridgehead atoms. The zero-order valence-corrected chi connectivity index (χ0v) is 14.4. The number of fused-ring (bicyclic) bond motifs is 1. The van der Waals surface area contributed by atoms with Crippen LogP contribution in [0.3, 0.4) is 0 Å². The number of hydrogen-bond donors (Lipinski definition) is 0. The quantitative estimate of drug-likeness (QED) is 0.456. The SMILES string of the molecule is CCC(C)c1ccc(-c2nnc(-c3cccc4ccccc34)o2)cc1. The Bertz CT molecular complexity index is 997. The van der Waals surface area contributed by atoms with Crippen LogP contribution < -0.4 is 0 Å². The Labute approximate surface area is 147 Å². The zero-order chi connectivity index (χ0) is 17.2. The van der Waals surface area contributed by atoms with Crippen LogP contribution in [0.5, 0.6) is 0 Å². The van der Waals surface area contributed by atoms with E-state index >= 15 is 0 Å². The van der Waals surface area contributed by atoms with Crippen molar-refractivity contribution < 1.29 is 4.42 Å². The van der Waals surface area contributed by atoms with E-state index in [1.54, 1.807) is 0 Å². The second kappa shape index (κ2) is 6.52. The molecule has 124 valence electrons. The highest BCUT2D eigenvalue weighted by Gasteiger charge is 2.13. The van der Waals surface area contributed by atoms with Crippen LogP contribution in [-0.4, -0.2) is 10.2 Å². The van der Waals surface area contributed by atoms with E-state index in [4.69, 9.17) is 4.42 Å². The van der Waals surface area contributed by atoms with Crippen LogP contribution in [0.1, 0.15) is 31.7 Å². The van der Waals surface area contributed by atoms with Gasteiger partial charge in [-0.1, -0.05) is 62.4 Å². The lowest BCUT2D eigenvalue weighted by Crippen LogP contribution is -1.90. The van der Waals surface area contributed by atoms with Crippen molar-refractivity contribution in [2.45, 2.75) is 26.2 Å². The van der Waals surface area contributed by atoms with Gasteiger partial charge in [0, 0.05) is 11.1 Å². The molecule has 1 heterocycles. The number of hydrogen-bond acceptors (Lipinski definition) is 3.